The Labute approximate surface area is 116 Å². The lowest BCUT2D eigenvalue weighted by Crippen LogP contribution is -2.28. The Morgan fingerprint density at radius 2 is 2.11 bits per heavy atom. The van der Waals surface area contributed by atoms with E-state index in [0.717, 1.165) is 45.2 Å². The highest BCUT2D eigenvalue weighted by molar-refractivity contribution is 5.70. The van der Waals surface area contributed by atoms with Crippen LogP contribution in [0.4, 0.5) is 11.4 Å². The van der Waals surface area contributed by atoms with Crippen molar-refractivity contribution in [3.8, 4) is 0 Å². The van der Waals surface area contributed by atoms with Crippen molar-refractivity contribution in [2.24, 2.45) is 5.92 Å². The van der Waals surface area contributed by atoms with Gasteiger partial charge in [-0.25, -0.2) is 0 Å². The predicted octanol–water partition coefficient (Wildman–Crippen LogP) is 3.37. The van der Waals surface area contributed by atoms with Crippen LogP contribution in [-0.4, -0.2) is 32.8 Å². The van der Waals surface area contributed by atoms with E-state index >= 15 is 0 Å². The lowest BCUT2D eigenvalue weighted by atomic mass is 10.1. The number of fused-ring (bicyclic) bond motifs is 1. The van der Waals surface area contributed by atoms with Gasteiger partial charge in [-0.2, -0.15) is 0 Å². The van der Waals surface area contributed by atoms with Gasteiger partial charge >= 0.3 is 0 Å². The monoisotopic (exact) mass is 262 g/mol. The molecule has 0 amide bonds. The van der Waals surface area contributed by atoms with E-state index in [2.05, 4.69) is 48.3 Å². The molecule has 0 saturated heterocycles. The Kier molecular flexibility index (Phi) is 5.52. The molecule has 0 fully saturated rings. The highest BCUT2D eigenvalue weighted by atomic mass is 16.5. The Balaban J connectivity index is 1.83. The van der Waals surface area contributed by atoms with Gasteiger partial charge in [0.1, 0.15) is 0 Å². The summed E-state index contributed by atoms with van der Waals surface area (Å²) >= 11 is 0. The maximum absolute atomic E-state index is 5.74. The van der Waals surface area contributed by atoms with E-state index in [9.17, 15) is 0 Å². The van der Waals surface area contributed by atoms with E-state index in [1.807, 2.05) is 0 Å². The molecule has 0 atom stereocenters. The van der Waals surface area contributed by atoms with Gasteiger partial charge in [-0.3, -0.25) is 0 Å². The molecule has 1 aliphatic heterocycles. The van der Waals surface area contributed by atoms with Gasteiger partial charge in [-0.15, -0.1) is 0 Å². The summed E-state index contributed by atoms with van der Waals surface area (Å²) in [5.41, 5.74) is 2.56. The maximum Gasteiger partial charge on any atom is 0.0641 e. The van der Waals surface area contributed by atoms with Crippen molar-refractivity contribution in [2.45, 2.75) is 26.7 Å². The fourth-order valence-corrected chi connectivity index (χ4v) is 2.34. The van der Waals surface area contributed by atoms with Crippen LogP contribution in [0.15, 0.2) is 24.3 Å². The maximum atomic E-state index is 5.74. The average Bonchev–Trinajstić information content (AvgIpc) is 2.61. The smallest absolute Gasteiger partial charge is 0.0641 e. The zero-order chi connectivity index (χ0) is 13.5. The first-order valence-electron chi connectivity index (χ1n) is 7.43. The third-order valence-corrected chi connectivity index (χ3v) is 3.51. The van der Waals surface area contributed by atoms with Crippen molar-refractivity contribution in [2.75, 3.05) is 43.1 Å². The molecule has 0 bridgehead atoms. The lowest BCUT2D eigenvalue weighted by molar-refractivity contribution is 0.129. The normalized spacial score (nSPS) is 15.0. The fourth-order valence-electron chi connectivity index (χ4n) is 2.34. The summed E-state index contributed by atoms with van der Waals surface area (Å²) < 4.78 is 5.74. The molecular formula is C16H26N2O. The van der Waals surface area contributed by atoms with Crippen LogP contribution in [0.25, 0.3) is 0 Å². The molecule has 1 heterocycles. The van der Waals surface area contributed by atoms with E-state index in [0.29, 0.717) is 0 Å². The molecule has 3 heteroatoms. The Hall–Kier alpha value is -1.22. The zero-order valence-electron chi connectivity index (χ0n) is 12.2. The van der Waals surface area contributed by atoms with Gasteiger partial charge in [0.05, 0.1) is 18.0 Å². The Morgan fingerprint density at radius 1 is 1.26 bits per heavy atom. The largest absolute Gasteiger partial charge is 0.383 e. The Bertz CT molecular complexity index is 379. The van der Waals surface area contributed by atoms with Gasteiger partial charge in [0.25, 0.3) is 0 Å². The number of nitrogens with zero attached hydrogens (tertiary/aromatic N) is 1. The average molecular weight is 262 g/mol. The highest BCUT2D eigenvalue weighted by Crippen LogP contribution is 2.27. The summed E-state index contributed by atoms with van der Waals surface area (Å²) in [6.07, 6.45) is 2.33. The molecule has 0 unspecified atom stereocenters. The topological polar surface area (TPSA) is 24.5 Å². The lowest BCUT2D eigenvalue weighted by Gasteiger charge is -2.24. The van der Waals surface area contributed by atoms with Crippen molar-refractivity contribution in [3.63, 3.8) is 0 Å². The number of para-hydroxylation sites is 2. The third-order valence-electron chi connectivity index (χ3n) is 3.51. The van der Waals surface area contributed by atoms with E-state index in [4.69, 9.17) is 4.74 Å². The van der Waals surface area contributed by atoms with Crippen LogP contribution in [0.3, 0.4) is 0 Å². The number of hydrogen-bond acceptors (Lipinski definition) is 3. The second-order valence-electron chi connectivity index (χ2n) is 5.58. The van der Waals surface area contributed by atoms with Crippen LogP contribution in [0.5, 0.6) is 0 Å². The van der Waals surface area contributed by atoms with Crippen LogP contribution < -0.4 is 10.2 Å². The minimum atomic E-state index is 0.725. The molecule has 0 saturated carbocycles. The standard InChI is InChI=1S/C16H26N2O/c1-14(2)8-12-19-13-11-18-10-5-9-17-15-6-3-4-7-16(15)18/h3-4,6-7,14,17H,5,8-13H2,1-2H3. The molecule has 0 radical (unpaired) electrons. The SMILES string of the molecule is CC(C)CCOCCN1CCCNc2ccccc21. The number of ether oxygens (including phenoxy) is 1. The first-order valence-corrected chi connectivity index (χ1v) is 7.43. The summed E-state index contributed by atoms with van der Waals surface area (Å²) in [4.78, 5) is 2.44. The molecule has 106 valence electrons. The van der Waals surface area contributed by atoms with Crippen LogP contribution in [0.1, 0.15) is 26.7 Å². The molecule has 19 heavy (non-hydrogen) atoms. The summed E-state index contributed by atoms with van der Waals surface area (Å²) in [6, 6.07) is 8.56. The van der Waals surface area contributed by atoms with E-state index < -0.39 is 0 Å². The van der Waals surface area contributed by atoms with Crippen LogP contribution >= 0.6 is 0 Å². The van der Waals surface area contributed by atoms with Gasteiger partial charge in [-0.05, 0) is 30.9 Å². The van der Waals surface area contributed by atoms with Gasteiger partial charge in [-0.1, -0.05) is 26.0 Å². The highest BCUT2D eigenvalue weighted by Gasteiger charge is 2.13. The van der Waals surface area contributed by atoms with Gasteiger partial charge < -0.3 is 15.0 Å². The van der Waals surface area contributed by atoms with Gasteiger partial charge in [0.15, 0.2) is 0 Å². The second kappa shape index (κ2) is 7.39. The van der Waals surface area contributed by atoms with Gasteiger partial charge in [0.2, 0.25) is 0 Å². The molecule has 0 aromatic heterocycles. The fraction of sp³-hybridized carbons (Fsp3) is 0.625. The quantitative estimate of drug-likeness (QED) is 0.796. The second-order valence-corrected chi connectivity index (χ2v) is 5.58. The van der Waals surface area contributed by atoms with Crippen LogP contribution in [0.2, 0.25) is 0 Å². The summed E-state index contributed by atoms with van der Waals surface area (Å²) in [7, 11) is 0. The van der Waals surface area contributed by atoms with E-state index in [-0.39, 0.29) is 0 Å². The number of hydrogen-bond donors (Lipinski definition) is 1. The molecular weight excluding hydrogens is 236 g/mol. The number of anilines is 2. The molecule has 1 N–H and O–H groups in total. The van der Waals surface area contributed by atoms with E-state index in [1.54, 1.807) is 0 Å². The van der Waals surface area contributed by atoms with E-state index in [1.165, 1.54) is 17.8 Å². The Morgan fingerprint density at radius 3 is 2.95 bits per heavy atom. The van der Waals surface area contributed by atoms with Crippen molar-refractivity contribution in [1.82, 2.24) is 0 Å². The molecule has 1 aromatic rings. The minimum absolute atomic E-state index is 0.725. The predicted molar refractivity (Wildman–Crippen MR) is 82.0 cm³/mol. The van der Waals surface area contributed by atoms with Crippen molar-refractivity contribution >= 4 is 11.4 Å². The number of rotatable bonds is 6. The first kappa shape index (κ1) is 14.2. The zero-order valence-corrected chi connectivity index (χ0v) is 12.2. The van der Waals surface area contributed by atoms with Gasteiger partial charge in [0, 0.05) is 26.2 Å². The molecule has 3 nitrogen and oxygen atoms in total. The summed E-state index contributed by atoms with van der Waals surface area (Å²) in [5, 5.41) is 3.49. The molecule has 1 aromatic carbocycles. The molecule has 1 aliphatic rings. The molecule has 0 spiro atoms. The third kappa shape index (κ3) is 4.43. The van der Waals surface area contributed by atoms with Crippen LogP contribution in [-0.2, 0) is 4.74 Å². The van der Waals surface area contributed by atoms with Crippen molar-refractivity contribution in [1.29, 1.82) is 0 Å². The van der Waals surface area contributed by atoms with Crippen molar-refractivity contribution in [3.05, 3.63) is 24.3 Å². The molecule has 0 aliphatic carbocycles. The molecule has 2 rings (SSSR count). The summed E-state index contributed by atoms with van der Waals surface area (Å²) in [6.45, 7) is 9.32. The summed E-state index contributed by atoms with van der Waals surface area (Å²) in [5.74, 6) is 0.725. The van der Waals surface area contributed by atoms with Crippen molar-refractivity contribution < 1.29 is 4.74 Å². The van der Waals surface area contributed by atoms with Crippen LogP contribution in [0, 0.1) is 5.92 Å². The minimum Gasteiger partial charge on any atom is -0.383 e. The first-order chi connectivity index (χ1) is 9.27. The number of nitrogens with one attached hydrogen (secondary N) is 1. The number of benzene rings is 1.